The maximum Gasteiger partial charge on any atom is 0.188 e. The third-order valence-corrected chi connectivity index (χ3v) is 3.51. The molecule has 0 saturated heterocycles. The van der Waals surface area contributed by atoms with Crippen molar-refractivity contribution < 1.29 is 0 Å². The van der Waals surface area contributed by atoms with E-state index in [0.29, 0.717) is 12.0 Å². The number of nitrogens with zero attached hydrogens (tertiary/aromatic N) is 1. The van der Waals surface area contributed by atoms with E-state index in [1.54, 1.807) is 0 Å². The lowest BCUT2D eigenvalue weighted by atomic mass is 9.78. The lowest BCUT2D eigenvalue weighted by molar-refractivity contribution is 0.224. The molecule has 0 aromatic carbocycles. The molecular formula is C13H27N3. The van der Waals surface area contributed by atoms with E-state index in [0.717, 1.165) is 24.8 Å². The fourth-order valence-electron chi connectivity index (χ4n) is 2.60. The summed E-state index contributed by atoms with van der Waals surface area (Å²) >= 11 is 0. The first kappa shape index (κ1) is 13.3. The van der Waals surface area contributed by atoms with E-state index in [-0.39, 0.29) is 0 Å². The van der Waals surface area contributed by atoms with Crippen LogP contribution in [0.4, 0.5) is 0 Å². The Balaban J connectivity index is 2.49. The van der Waals surface area contributed by atoms with Crippen LogP contribution < -0.4 is 11.1 Å². The van der Waals surface area contributed by atoms with Gasteiger partial charge in [-0.05, 0) is 31.1 Å². The Morgan fingerprint density at radius 1 is 1.38 bits per heavy atom. The average molecular weight is 225 g/mol. The molecule has 1 rings (SSSR count). The quantitative estimate of drug-likeness (QED) is 0.570. The van der Waals surface area contributed by atoms with E-state index in [9.17, 15) is 0 Å². The second-order valence-corrected chi connectivity index (χ2v) is 5.21. The number of nitrogens with two attached hydrogens (primary N) is 1. The van der Waals surface area contributed by atoms with Crippen LogP contribution in [-0.2, 0) is 0 Å². The number of hydrogen-bond acceptors (Lipinski definition) is 1. The molecule has 0 radical (unpaired) electrons. The Bertz CT molecular complexity index is 223. The summed E-state index contributed by atoms with van der Waals surface area (Å²) in [5, 5.41) is 3.41. The van der Waals surface area contributed by atoms with Crippen LogP contribution in [0.15, 0.2) is 4.99 Å². The highest BCUT2D eigenvalue weighted by atomic mass is 15.1. The number of guanidine groups is 1. The predicted octanol–water partition coefficient (Wildman–Crippen LogP) is 2.52. The molecule has 3 N–H and O–H groups in total. The van der Waals surface area contributed by atoms with E-state index in [2.05, 4.69) is 31.1 Å². The van der Waals surface area contributed by atoms with E-state index in [1.807, 2.05) is 0 Å². The van der Waals surface area contributed by atoms with Gasteiger partial charge in [0.15, 0.2) is 5.96 Å². The summed E-state index contributed by atoms with van der Waals surface area (Å²) in [6, 6.07) is 0.536. The van der Waals surface area contributed by atoms with Crippen LogP contribution in [0.25, 0.3) is 0 Å². The predicted molar refractivity (Wildman–Crippen MR) is 70.5 cm³/mol. The molecule has 0 aliphatic heterocycles. The highest BCUT2D eigenvalue weighted by molar-refractivity contribution is 5.78. The Hall–Kier alpha value is -0.730. The van der Waals surface area contributed by atoms with Crippen molar-refractivity contribution in [1.29, 1.82) is 0 Å². The molecule has 2 unspecified atom stereocenters. The second kappa shape index (κ2) is 6.77. The summed E-state index contributed by atoms with van der Waals surface area (Å²) in [6.07, 6.45) is 6.32. The average Bonchev–Trinajstić information content (AvgIpc) is 2.27. The standard InChI is InChI=1S/C13H27N3/c1-4-9-15-13(14)16-12-8-6-5-7-11(12)10(2)3/h10-12H,4-9H2,1-3H3,(H3,14,15,16). The first-order valence-electron chi connectivity index (χ1n) is 6.71. The lowest BCUT2D eigenvalue weighted by Crippen LogP contribution is -2.47. The fourth-order valence-corrected chi connectivity index (χ4v) is 2.60. The molecule has 2 atom stereocenters. The van der Waals surface area contributed by atoms with Crippen molar-refractivity contribution in [3.63, 3.8) is 0 Å². The van der Waals surface area contributed by atoms with Crippen LogP contribution in [-0.4, -0.2) is 18.5 Å². The van der Waals surface area contributed by atoms with Crippen molar-refractivity contribution in [3.8, 4) is 0 Å². The topological polar surface area (TPSA) is 50.4 Å². The number of hydrogen-bond donors (Lipinski definition) is 2. The van der Waals surface area contributed by atoms with Gasteiger partial charge in [-0.15, -0.1) is 0 Å². The highest BCUT2D eigenvalue weighted by Crippen LogP contribution is 2.29. The van der Waals surface area contributed by atoms with Gasteiger partial charge >= 0.3 is 0 Å². The van der Waals surface area contributed by atoms with Gasteiger partial charge in [0.25, 0.3) is 0 Å². The van der Waals surface area contributed by atoms with E-state index < -0.39 is 0 Å². The summed E-state index contributed by atoms with van der Waals surface area (Å²) in [5.41, 5.74) is 5.89. The van der Waals surface area contributed by atoms with Gasteiger partial charge in [0, 0.05) is 12.6 Å². The SMILES string of the molecule is CCCN=C(N)NC1CCCCC1C(C)C. The molecule has 1 fully saturated rings. The zero-order valence-corrected chi connectivity index (χ0v) is 11.0. The number of rotatable bonds is 4. The molecule has 0 aromatic rings. The molecule has 3 nitrogen and oxygen atoms in total. The van der Waals surface area contributed by atoms with Crippen LogP contribution in [0.5, 0.6) is 0 Å². The first-order valence-corrected chi connectivity index (χ1v) is 6.71. The number of aliphatic imine (C=N–C) groups is 1. The van der Waals surface area contributed by atoms with Gasteiger partial charge < -0.3 is 11.1 Å². The maximum atomic E-state index is 5.89. The molecule has 3 heteroatoms. The highest BCUT2D eigenvalue weighted by Gasteiger charge is 2.27. The summed E-state index contributed by atoms with van der Waals surface area (Å²) in [4.78, 5) is 4.31. The van der Waals surface area contributed by atoms with Gasteiger partial charge in [-0.25, -0.2) is 0 Å². The second-order valence-electron chi connectivity index (χ2n) is 5.21. The molecule has 0 amide bonds. The van der Waals surface area contributed by atoms with Gasteiger partial charge in [-0.1, -0.05) is 33.6 Å². The van der Waals surface area contributed by atoms with Crippen molar-refractivity contribution >= 4 is 5.96 Å². The van der Waals surface area contributed by atoms with Crippen LogP contribution in [0.3, 0.4) is 0 Å². The van der Waals surface area contributed by atoms with Crippen molar-refractivity contribution in [3.05, 3.63) is 0 Å². The van der Waals surface area contributed by atoms with Crippen molar-refractivity contribution in [2.45, 2.75) is 58.9 Å². The normalized spacial score (nSPS) is 27.1. The monoisotopic (exact) mass is 225 g/mol. The Kier molecular flexibility index (Phi) is 5.64. The van der Waals surface area contributed by atoms with E-state index >= 15 is 0 Å². The minimum absolute atomic E-state index is 0.536. The van der Waals surface area contributed by atoms with Gasteiger partial charge in [-0.3, -0.25) is 4.99 Å². The lowest BCUT2D eigenvalue weighted by Gasteiger charge is -2.35. The summed E-state index contributed by atoms with van der Waals surface area (Å²) in [6.45, 7) is 7.57. The van der Waals surface area contributed by atoms with Crippen LogP contribution in [0.1, 0.15) is 52.9 Å². The van der Waals surface area contributed by atoms with Gasteiger partial charge in [-0.2, -0.15) is 0 Å². The molecule has 94 valence electrons. The smallest absolute Gasteiger partial charge is 0.188 e. The molecule has 0 bridgehead atoms. The van der Waals surface area contributed by atoms with Crippen LogP contribution in [0.2, 0.25) is 0 Å². The van der Waals surface area contributed by atoms with E-state index in [4.69, 9.17) is 5.73 Å². The van der Waals surface area contributed by atoms with E-state index in [1.165, 1.54) is 25.7 Å². The summed E-state index contributed by atoms with van der Waals surface area (Å²) in [7, 11) is 0. The zero-order chi connectivity index (χ0) is 12.0. The molecular weight excluding hydrogens is 198 g/mol. The summed E-state index contributed by atoms with van der Waals surface area (Å²) in [5.74, 6) is 2.13. The van der Waals surface area contributed by atoms with Crippen molar-refractivity contribution in [2.75, 3.05) is 6.54 Å². The Morgan fingerprint density at radius 3 is 2.69 bits per heavy atom. The number of nitrogens with one attached hydrogen (secondary N) is 1. The molecule has 1 saturated carbocycles. The molecule has 16 heavy (non-hydrogen) atoms. The molecule has 0 heterocycles. The zero-order valence-electron chi connectivity index (χ0n) is 11.0. The molecule has 0 spiro atoms. The third-order valence-electron chi connectivity index (χ3n) is 3.51. The van der Waals surface area contributed by atoms with Gasteiger partial charge in [0.2, 0.25) is 0 Å². The Labute approximate surface area is 99.9 Å². The van der Waals surface area contributed by atoms with Crippen molar-refractivity contribution in [2.24, 2.45) is 22.6 Å². The Morgan fingerprint density at radius 2 is 2.06 bits per heavy atom. The molecule has 0 aromatic heterocycles. The van der Waals surface area contributed by atoms with Gasteiger partial charge in [0.05, 0.1) is 0 Å². The maximum absolute atomic E-state index is 5.89. The van der Waals surface area contributed by atoms with Crippen molar-refractivity contribution in [1.82, 2.24) is 5.32 Å². The first-order chi connectivity index (χ1) is 7.65. The molecule has 1 aliphatic rings. The minimum Gasteiger partial charge on any atom is -0.370 e. The van der Waals surface area contributed by atoms with Crippen LogP contribution >= 0.6 is 0 Å². The minimum atomic E-state index is 0.536. The largest absolute Gasteiger partial charge is 0.370 e. The van der Waals surface area contributed by atoms with Crippen LogP contribution in [0, 0.1) is 11.8 Å². The summed E-state index contributed by atoms with van der Waals surface area (Å²) < 4.78 is 0. The van der Waals surface area contributed by atoms with Gasteiger partial charge in [0.1, 0.15) is 0 Å². The molecule has 1 aliphatic carbocycles. The fraction of sp³-hybridized carbons (Fsp3) is 0.923. The third kappa shape index (κ3) is 4.03.